The highest BCUT2D eigenvalue weighted by molar-refractivity contribution is 5.82. The van der Waals surface area contributed by atoms with E-state index in [1.54, 1.807) is 12.1 Å². The molecule has 0 spiro atoms. The van der Waals surface area contributed by atoms with Gasteiger partial charge in [0.15, 0.2) is 0 Å². The first-order valence-electron chi connectivity index (χ1n) is 7.46. The van der Waals surface area contributed by atoms with E-state index in [1.165, 1.54) is 6.42 Å². The van der Waals surface area contributed by atoms with E-state index in [4.69, 9.17) is 4.74 Å². The second kappa shape index (κ2) is 7.67. The molecule has 1 aromatic carbocycles. The third-order valence-electron chi connectivity index (χ3n) is 3.65. The molecule has 0 saturated heterocycles. The molecule has 1 aliphatic carbocycles. The van der Waals surface area contributed by atoms with E-state index in [0.717, 1.165) is 31.2 Å². The minimum atomic E-state index is -0.469. The third-order valence-corrected chi connectivity index (χ3v) is 3.65. The minimum Gasteiger partial charge on any atom is -0.425 e. The van der Waals surface area contributed by atoms with Crippen molar-refractivity contribution in [2.75, 3.05) is 6.54 Å². The molecule has 0 heterocycles. The lowest BCUT2D eigenvalue weighted by Gasteiger charge is -2.22. The van der Waals surface area contributed by atoms with Crippen LogP contribution in [0.5, 0.6) is 5.75 Å². The summed E-state index contributed by atoms with van der Waals surface area (Å²) in [5.41, 5.74) is 0.887. The molecule has 1 fully saturated rings. The molecule has 1 aromatic rings. The number of esters is 1. The maximum Gasteiger partial charge on any atom is 0.330 e. The van der Waals surface area contributed by atoms with E-state index in [1.807, 2.05) is 19.1 Å². The summed E-state index contributed by atoms with van der Waals surface area (Å²) in [4.78, 5) is 23.4. The van der Waals surface area contributed by atoms with Crippen LogP contribution in [0.15, 0.2) is 24.3 Å². The van der Waals surface area contributed by atoms with Gasteiger partial charge in [0.1, 0.15) is 12.3 Å². The van der Waals surface area contributed by atoms with Crippen molar-refractivity contribution in [3.63, 3.8) is 0 Å². The van der Waals surface area contributed by atoms with Crippen LogP contribution in [0.2, 0.25) is 0 Å². The first-order valence-corrected chi connectivity index (χ1v) is 7.46. The molecule has 0 radical (unpaired) electrons. The second-order valence-electron chi connectivity index (χ2n) is 5.40. The summed E-state index contributed by atoms with van der Waals surface area (Å²) in [7, 11) is 0. The molecular weight excluding hydrogens is 268 g/mol. The van der Waals surface area contributed by atoms with Crippen LogP contribution in [0.1, 0.15) is 37.7 Å². The Morgan fingerprint density at radius 1 is 1.19 bits per heavy atom. The largest absolute Gasteiger partial charge is 0.425 e. The molecule has 0 unspecified atom stereocenters. The Labute approximate surface area is 125 Å². The summed E-state index contributed by atoms with van der Waals surface area (Å²) in [5, 5.41) is 5.44. The molecule has 2 amide bonds. The van der Waals surface area contributed by atoms with E-state index in [2.05, 4.69) is 10.6 Å². The number of urea groups is 1. The van der Waals surface area contributed by atoms with Crippen molar-refractivity contribution >= 4 is 12.0 Å². The predicted octanol–water partition coefficient (Wildman–Crippen LogP) is 2.53. The zero-order chi connectivity index (χ0) is 15.1. The number of benzene rings is 1. The molecule has 2 N–H and O–H groups in total. The fraction of sp³-hybridized carbons (Fsp3) is 0.500. The van der Waals surface area contributed by atoms with Crippen molar-refractivity contribution in [1.29, 1.82) is 0 Å². The number of amides is 2. The number of carbonyl (C=O) groups is 2. The van der Waals surface area contributed by atoms with Crippen LogP contribution in [0.25, 0.3) is 0 Å². The molecule has 21 heavy (non-hydrogen) atoms. The lowest BCUT2D eigenvalue weighted by molar-refractivity contribution is -0.133. The average molecular weight is 290 g/mol. The lowest BCUT2D eigenvalue weighted by atomic mass is 9.96. The Bertz CT molecular complexity index is 496. The number of nitrogens with one attached hydrogen (secondary N) is 2. The van der Waals surface area contributed by atoms with Crippen molar-refractivity contribution < 1.29 is 14.3 Å². The topological polar surface area (TPSA) is 67.4 Å². The zero-order valence-electron chi connectivity index (χ0n) is 12.4. The first kappa shape index (κ1) is 15.4. The summed E-state index contributed by atoms with van der Waals surface area (Å²) >= 11 is 0. The fourth-order valence-corrected chi connectivity index (χ4v) is 2.47. The highest BCUT2D eigenvalue weighted by atomic mass is 16.5. The molecule has 0 atom stereocenters. The van der Waals surface area contributed by atoms with Crippen molar-refractivity contribution in [2.24, 2.45) is 0 Å². The van der Waals surface area contributed by atoms with Gasteiger partial charge >= 0.3 is 12.0 Å². The van der Waals surface area contributed by atoms with Crippen LogP contribution < -0.4 is 15.4 Å². The standard InChI is InChI=1S/C16H22N2O3/c1-12-7-5-6-10-14(12)21-15(19)11-17-16(20)18-13-8-3-2-4-9-13/h5-7,10,13H,2-4,8-9,11H2,1H3,(H2,17,18,20). The molecule has 5 heteroatoms. The number of aryl methyl sites for hydroxylation is 1. The quantitative estimate of drug-likeness (QED) is 0.661. The molecule has 0 bridgehead atoms. The SMILES string of the molecule is Cc1ccccc1OC(=O)CNC(=O)NC1CCCCC1. The van der Waals surface area contributed by atoms with Gasteiger partial charge in [0.05, 0.1) is 0 Å². The Hall–Kier alpha value is -2.04. The summed E-state index contributed by atoms with van der Waals surface area (Å²) < 4.78 is 5.20. The fourth-order valence-electron chi connectivity index (χ4n) is 2.47. The van der Waals surface area contributed by atoms with Crippen LogP contribution in [0, 0.1) is 6.92 Å². The van der Waals surface area contributed by atoms with E-state index in [0.29, 0.717) is 5.75 Å². The van der Waals surface area contributed by atoms with Crippen molar-refractivity contribution in [3.05, 3.63) is 29.8 Å². The zero-order valence-corrected chi connectivity index (χ0v) is 12.4. The van der Waals surface area contributed by atoms with Crippen LogP contribution >= 0.6 is 0 Å². The lowest BCUT2D eigenvalue weighted by Crippen LogP contribution is -2.45. The number of carbonyl (C=O) groups excluding carboxylic acids is 2. The summed E-state index contributed by atoms with van der Waals surface area (Å²) in [6.07, 6.45) is 5.57. The number of rotatable bonds is 4. The van der Waals surface area contributed by atoms with Gasteiger partial charge in [0.25, 0.3) is 0 Å². The van der Waals surface area contributed by atoms with Crippen molar-refractivity contribution in [2.45, 2.75) is 45.1 Å². The maximum atomic E-state index is 11.7. The third kappa shape index (κ3) is 5.10. The molecule has 2 rings (SSSR count). The minimum absolute atomic E-state index is 0.132. The van der Waals surface area contributed by atoms with Gasteiger partial charge in [-0.25, -0.2) is 9.59 Å². The number of hydrogen-bond acceptors (Lipinski definition) is 3. The number of para-hydroxylation sites is 1. The Morgan fingerprint density at radius 3 is 2.62 bits per heavy atom. The van der Waals surface area contributed by atoms with Gasteiger partial charge in [-0.1, -0.05) is 37.5 Å². The highest BCUT2D eigenvalue weighted by Crippen LogP contribution is 2.17. The average Bonchev–Trinajstić information content (AvgIpc) is 2.49. The van der Waals surface area contributed by atoms with Crippen LogP contribution in [0.3, 0.4) is 0 Å². The van der Waals surface area contributed by atoms with E-state index in [9.17, 15) is 9.59 Å². The molecule has 1 saturated carbocycles. The highest BCUT2D eigenvalue weighted by Gasteiger charge is 2.16. The van der Waals surface area contributed by atoms with Gasteiger partial charge in [0.2, 0.25) is 0 Å². The summed E-state index contributed by atoms with van der Waals surface area (Å²) in [6.45, 7) is 1.73. The maximum absolute atomic E-state index is 11.7. The van der Waals surface area contributed by atoms with Crippen LogP contribution in [-0.2, 0) is 4.79 Å². The molecule has 5 nitrogen and oxygen atoms in total. The van der Waals surface area contributed by atoms with Gasteiger partial charge in [0, 0.05) is 6.04 Å². The predicted molar refractivity (Wildman–Crippen MR) is 80.2 cm³/mol. The summed E-state index contributed by atoms with van der Waals surface area (Å²) in [6, 6.07) is 7.21. The molecule has 114 valence electrons. The first-order chi connectivity index (χ1) is 10.1. The number of hydrogen-bond donors (Lipinski definition) is 2. The van der Waals surface area contributed by atoms with Crippen LogP contribution in [-0.4, -0.2) is 24.6 Å². The van der Waals surface area contributed by atoms with E-state index >= 15 is 0 Å². The normalized spacial score (nSPS) is 15.3. The van der Waals surface area contributed by atoms with E-state index < -0.39 is 5.97 Å². The molecule has 1 aliphatic rings. The summed E-state index contributed by atoms with van der Waals surface area (Å²) in [5.74, 6) is 0.0556. The number of ether oxygens (including phenoxy) is 1. The van der Waals surface area contributed by atoms with Crippen LogP contribution in [0.4, 0.5) is 4.79 Å². The monoisotopic (exact) mass is 290 g/mol. The Morgan fingerprint density at radius 2 is 1.90 bits per heavy atom. The van der Waals surface area contributed by atoms with Gasteiger partial charge in [-0.05, 0) is 31.4 Å². The van der Waals surface area contributed by atoms with E-state index in [-0.39, 0.29) is 18.6 Å². The van der Waals surface area contributed by atoms with Crippen molar-refractivity contribution in [3.8, 4) is 5.75 Å². The Balaban J connectivity index is 1.71. The second-order valence-corrected chi connectivity index (χ2v) is 5.40. The Kier molecular flexibility index (Phi) is 5.60. The molecular formula is C16H22N2O3. The van der Waals surface area contributed by atoms with Gasteiger partial charge in [-0.3, -0.25) is 0 Å². The van der Waals surface area contributed by atoms with Gasteiger partial charge in [-0.2, -0.15) is 0 Å². The van der Waals surface area contributed by atoms with Gasteiger partial charge < -0.3 is 15.4 Å². The smallest absolute Gasteiger partial charge is 0.330 e. The molecule has 0 aliphatic heterocycles. The van der Waals surface area contributed by atoms with Crippen molar-refractivity contribution in [1.82, 2.24) is 10.6 Å². The van der Waals surface area contributed by atoms with Gasteiger partial charge in [-0.15, -0.1) is 0 Å². The molecule has 0 aromatic heterocycles.